The molecule has 35 heavy (non-hydrogen) atoms. The number of carbonyl (C=O) groups excluding carboxylic acids is 1. The Morgan fingerprint density at radius 2 is 2.06 bits per heavy atom. The van der Waals surface area contributed by atoms with Gasteiger partial charge in [-0.25, -0.2) is 9.78 Å². The second kappa shape index (κ2) is 11.3. The summed E-state index contributed by atoms with van der Waals surface area (Å²) in [5, 5.41) is 21.2. The molecule has 186 valence electrons. The Morgan fingerprint density at radius 3 is 2.69 bits per heavy atom. The smallest absolute Gasteiger partial charge is 0.346 e. The number of anilines is 1. The third-order valence-corrected chi connectivity index (χ3v) is 5.65. The average molecular weight is 499 g/mol. The van der Waals surface area contributed by atoms with E-state index in [2.05, 4.69) is 46.8 Å². The van der Waals surface area contributed by atoms with E-state index in [0.29, 0.717) is 5.88 Å². The van der Waals surface area contributed by atoms with E-state index >= 15 is 0 Å². The van der Waals surface area contributed by atoms with Crippen LogP contribution in [0.15, 0.2) is 47.3 Å². The minimum absolute atomic E-state index is 0.0222. The van der Waals surface area contributed by atoms with Crippen LogP contribution in [0.3, 0.4) is 0 Å². The van der Waals surface area contributed by atoms with Crippen LogP contribution in [0.4, 0.5) is 5.69 Å². The van der Waals surface area contributed by atoms with E-state index in [0.717, 1.165) is 27.9 Å². The highest BCUT2D eigenvalue weighted by molar-refractivity contribution is 7.80. The van der Waals surface area contributed by atoms with E-state index in [4.69, 9.17) is 26.2 Å². The van der Waals surface area contributed by atoms with Gasteiger partial charge in [-0.1, -0.05) is 30.6 Å². The van der Waals surface area contributed by atoms with Crippen LogP contribution in [0.2, 0.25) is 0 Å². The van der Waals surface area contributed by atoms with Gasteiger partial charge >= 0.3 is 5.97 Å². The van der Waals surface area contributed by atoms with E-state index in [-0.39, 0.29) is 29.9 Å². The van der Waals surface area contributed by atoms with Gasteiger partial charge in [0.1, 0.15) is 12.0 Å². The van der Waals surface area contributed by atoms with Gasteiger partial charge < -0.3 is 29.7 Å². The molecule has 3 N–H and O–H groups in total. The lowest BCUT2D eigenvalue weighted by molar-refractivity contribution is -0.166. The maximum absolute atomic E-state index is 12.5. The van der Waals surface area contributed by atoms with Crippen molar-refractivity contribution < 1.29 is 23.9 Å². The summed E-state index contributed by atoms with van der Waals surface area (Å²) >= 11 is 5.56. The average Bonchev–Trinajstić information content (AvgIpc) is 3.39. The summed E-state index contributed by atoms with van der Waals surface area (Å²) in [5.74, 6) is -0.171. The molecule has 0 aliphatic rings. The van der Waals surface area contributed by atoms with Crippen molar-refractivity contribution in [3.05, 3.63) is 59.6 Å². The highest BCUT2D eigenvalue weighted by Gasteiger charge is 2.42. The maximum atomic E-state index is 12.5. The van der Waals surface area contributed by atoms with Gasteiger partial charge in [0, 0.05) is 23.9 Å². The molecular weight excluding hydrogens is 468 g/mol. The normalized spacial score (nSPS) is 12.7. The van der Waals surface area contributed by atoms with Gasteiger partial charge in [0.25, 0.3) is 0 Å². The Kier molecular flexibility index (Phi) is 8.42. The van der Waals surface area contributed by atoms with E-state index in [1.54, 1.807) is 20.2 Å². The molecule has 0 saturated heterocycles. The number of rotatable bonds is 9. The van der Waals surface area contributed by atoms with Crippen molar-refractivity contribution in [1.82, 2.24) is 15.5 Å². The van der Waals surface area contributed by atoms with Gasteiger partial charge in [0.2, 0.25) is 11.5 Å². The second-order valence-electron chi connectivity index (χ2n) is 8.29. The van der Waals surface area contributed by atoms with Crippen molar-refractivity contribution in [2.24, 2.45) is 0 Å². The number of nitrogens with one attached hydrogen (secondary N) is 2. The van der Waals surface area contributed by atoms with Gasteiger partial charge in [0.05, 0.1) is 25.9 Å². The Morgan fingerprint density at radius 1 is 1.29 bits per heavy atom. The number of pyridine rings is 1. The summed E-state index contributed by atoms with van der Waals surface area (Å²) < 4.78 is 15.2. The van der Waals surface area contributed by atoms with Crippen LogP contribution < -0.4 is 15.4 Å². The molecule has 3 aromatic rings. The number of esters is 1. The number of benzene rings is 1. The van der Waals surface area contributed by atoms with Gasteiger partial charge in [-0.15, -0.1) is 0 Å². The molecule has 1 aromatic carbocycles. The van der Waals surface area contributed by atoms with E-state index in [1.807, 2.05) is 19.1 Å². The molecule has 0 bridgehead atoms. The fraction of sp³-hybridized carbons (Fsp3) is 0.360. The molecule has 2 heterocycles. The molecule has 0 aliphatic carbocycles. The molecule has 0 saturated carbocycles. The van der Waals surface area contributed by atoms with Crippen molar-refractivity contribution in [2.75, 3.05) is 25.6 Å². The summed E-state index contributed by atoms with van der Waals surface area (Å²) in [6.07, 6.45) is 2.95. The zero-order valence-electron chi connectivity index (χ0n) is 20.4. The van der Waals surface area contributed by atoms with Crippen LogP contribution >= 0.6 is 12.2 Å². The Labute approximate surface area is 209 Å². The van der Waals surface area contributed by atoms with Crippen molar-refractivity contribution in [3.8, 4) is 17.0 Å². The summed E-state index contributed by atoms with van der Waals surface area (Å²) in [6.45, 7) is 7.70. The van der Waals surface area contributed by atoms with Crippen LogP contribution in [0.5, 0.6) is 5.88 Å². The molecule has 0 aliphatic heterocycles. The minimum atomic E-state index is -2.08. The first kappa shape index (κ1) is 26.1. The lowest BCUT2D eigenvalue weighted by atomic mass is 9.92. The van der Waals surface area contributed by atoms with E-state index < -0.39 is 11.6 Å². The summed E-state index contributed by atoms with van der Waals surface area (Å²) in [7, 11) is 1.57. The molecule has 0 radical (unpaired) electrons. The lowest BCUT2D eigenvalue weighted by Gasteiger charge is -2.26. The van der Waals surface area contributed by atoms with Crippen LogP contribution in [-0.4, -0.2) is 46.6 Å². The Hall–Kier alpha value is -3.50. The number of aliphatic hydroxyl groups is 1. The summed E-state index contributed by atoms with van der Waals surface area (Å²) in [5.41, 5.74) is 2.70. The molecule has 0 fully saturated rings. The molecule has 2 aromatic heterocycles. The number of aryl methyl sites for hydroxylation is 1. The van der Waals surface area contributed by atoms with Crippen LogP contribution in [0.25, 0.3) is 11.1 Å². The monoisotopic (exact) mass is 498 g/mol. The van der Waals surface area contributed by atoms with Crippen molar-refractivity contribution >= 4 is 29.0 Å². The molecule has 0 amide bonds. The lowest BCUT2D eigenvalue weighted by Crippen LogP contribution is -2.48. The molecular formula is C25H30N4O5S. The topological polar surface area (TPSA) is 119 Å². The van der Waals surface area contributed by atoms with Crippen molar-refractivity contribution in [2.45, 2.75) is 39.2 Å². The first-order valence-electron chi connectivity index (χ1n) is 11.2. The number of hydrogen-bond donors (Lipinski definition) is 3. The number of ether oxygens (including phenoxy) is 2. The molecule has 9 nitrogen and oxygen atoms in total. The molecule has 10 heteroatoms. The third kappa shape index (κ3) is 5.95. The molecule has 0 spiro atoms. The SMILES string of the molecule is CCOC(=O)C(O)(CNC(=S)Nc1c(-c2ccnc(OC)c2)cc(C)cc1C(C)C)c1ccon1. The fourth-order valence-corrected chi connectivity index (χ4v) is 3.81. The zero-order chi connectivity index (χ0) is 25.6. The van der Waals surface area contributed by atoms with Gasteiger partial charge in [0.15, 0.2) is 5.11 Å². The van der Waals surface area contributed by atoms with E-state index in [9.17, 15) is 9.90 Å². The number of aromatic nitrogens is 2. The van der Waals surface area contributed by atoms with Gasteiger partial charge in [-0.3, -0.25) is 0 Å². The first-order valence-corrected chi connectivity index (χ1v) is 11.6. The standard InChI is InChI=1S/C25H30N4O5S/c1-6-33-23(30)25(31,20-8-10-34-29-20)14-27-24(35)28-22-18(15(2)3)11-16(4)12-19(22)17-7-9-26-21(13-17)32-5/h7-13,15,31H,6,14H2,1-5H3,(H2,27,28,35). The van der Waals surface area contributed by atoms with Gasteiger partial charge in [-0.05, 0) is 55.2 Å². The maximum Gasteiger partial charge on any atom is 0.346 e. The summed E-state index contributed by atoms with van der Waals surface area (Å²) in [6, 6.07) is 9.30. The predicted octanol–water partition coefficient (Wildman–Crippen LogP) is 3.91. The number of nitrogens with zero attached hydrogens (tertiary/aromatic N) is 2. The fourth-order valence-electron chi connectivity index (χ4n) is 3.64. The number of hydrogen-bond acceptors (Lipinski definition) is 8. The quantitative estimate of drug-likeness (QED) is 0.296. The zero-order valence-corrected chi connectivity index (χ0v) is 21.2. The number of thiocarbonyl (C=S) groups is 1. The Balaban J connectivity index is 1.92. The predicted molar refractivity (Wildman–Crippen MR) is 136 cm³/mol. The molecule has 3 rings (SSSR count). The minimum Gasteiger partial charge on any atom is -0.481 e. The van der Waals surface area contributed by atoms with Gasteiger partial charge in [-0.2, -0.15) is 0 Å². The number of methoxy groups -OCH3 is 1. The van der Waals surface area contributed by atoms with Crippen LogP contribution in [0, 0.1) is 6.92 Å². The van der Waals surface area contributed by atoms with Crippen molar-refractivity contribution in [1.29, 1.82) is 0 Å². The van der Waals surface area contributed by atoms with Crippen molar-refractivity contribution in [3.63, 3.8) is 0 Å². The van der Waals surface area contributed by atoms with Crippen LogP contribution in [-0.2, 0) is 15.1 Å². The Bertz CT molecular complexity index is 1180. The van der Waals surface area contributed by atoms with Crippen LogP contribution in [0.1, 0.15) is 43.5 Å². The summed E-state index contributed by atoms with van der Waals surface area (Å²) in [4.78, 5) is 16.7. The number of carbonyl (C=O) groups is 1. The highest BCUT2D eigenvalue weighted by Crippen LogP contribution is 2.37. The largest absolute Gasteiger partial charge is 0.481 e. The second-order valence-corrected chi connectivity index (χ2v) is 8.70. The molecule has 1 unspecified atom stereocenters. The molecule has 1 atom stereocenters. The first-order chi connectivity index (χ1) is 16.7. The van der Waals surface area contributed by atoms with E-state index in [1.165, 1.54) is 12.3 Å². The highest BCUT2D eigenvalue weighted by atomic mass is 32.1. The third-order valence-electron chi connectivity index (χ3n) is 5.41.